The zero-order valence-corrected chi connectivity index (χ0v) is 9.05. The molecule has 0 fully saturated rings. The largest absolute Gasteiger partial charge is 0.392 e. The fourth-order valence-electron chi connectivity index (χ4n) is 1.10. The summed E-state index contributed by atoms with van der Waals surface area (Å²) in [5, 5.41) is 9.00. The van der Waals surface area contributed by atoms with E-state index in [1.807, 2.05) is 0 Å². The molecule has 1 aromatic carbocycles. The third kappa shape index (κ3) is 2.89. The van der Waals surface area contributed by atoms with Gasteiger partial charge in [0, 0.05) is 12.0 Å². The Morgan fingerprint density at radius 2 is 2.21 bits per heavy atom. The summed E-state index contributed by atoms with van der Waals surface area (Å²) >= 11 is 3.04. The van der Waals surface area contributed by atoms with Gasteiger partial charge in [-0.05, 0) is 11.6 Å². The van der Waals surface area contributed by atoms with Gasteiger partial charge >= 0.3 is 0 Å². The van der Waals surface area contributed by atoms with Crippen molar-refractivity contribution in [2.45, 2.75) is 13.0 Å². The lowest BCUT2D eigenvalue weighted by molar-refractivity contribution is -0.115. The highest BCUT2D eigenvalue weighted by molar-refractivity contribution is 9.09. The van der Waals surface area contributed by atoms with E-state index in [0.29, 0.717) is 5.56 Å². The number of rotatable bonds is 4. The van der Waals surface area contributed by atoms with Crippen molar-refractivity contribution in [3.63, 3.8) is 0 Å². The Morgan fingerprint density at radius 1 is 1.50 bits per heavy atom. The van der Waals surface area contributed by atoms with Crippen LogP contribution in [0, 0.1) is 5.82 Å². The van der Waals surface area contributed by atoms with Crippen molar-refractivity contribution in [2.75, 3.05) is 5.33 Å². The summed E-state index contributed by atoms with van der Waals surface area (Å²) in [4.78, 5) is 11.0. The number of carbonyl (C=O) groups excluding carboxylic acids is 1. The summed E-state index contributed by atoms with van der Waals surface area (Å²) < 4.78 is 13.1. The van der Waals surface area contributed by atoms with Crippen LogP contribution in [0.1, 0.15) is 11.1 Å². The van der Waals surface area contributed by atoms with Crippen molar-refractivity contribution in [2.24, 2.45) is 0 Å². The molecule has 0 aliphatic carbocycles. The number of ketones is 1. The number of carbonyl (C=O) groups is 1. The predicted octanol–water partition coefficient (Wildman–Crippen LogP) is 1.82. The first-order valence-electron chi connectivity index (χ1n) is 4.13. The van der Waals surface area contributed by atoms with E-state index in [1.54, 1.807) is 6.07 Å². The van der Waals surface area contributed by atoms with Crippen molar-refractivity contribution in [1.29, 1.82) is 0 Å². The maximum absolute atomic E-state index is 13.1. The lowest BCUT2D eigenvalue weighted by Crippen LogP contribution is -2.04. The molecule has 2 nitrogen and oxygen atoms in total. The minimum Gasteiger partial charge on any atom is -0.392 e. The van der Waals surface area contributed by atoms with Gasteiger partial charge in [-0.1, -0.05) is 28.1 Å². The number of alkyl halides is 1. The van der Waals surface area contributed by atoms with Crippen LogP contribution in [-0.2, 0) is 17.8 Å². The molecule has 0 atom stereocenters. The summed E-state index contributed by atoms with van der Waals surface area (Å²) in [6.45, 7) is -0.321. The van der Waals surface area contributed by atoms with E-state index in [-0.39, 0.29) is 29.7 Å². The van der Waals surface area contributed by atoms with Crippen LogP contribution in [0.15, 0.2) is 18.2 Å². The van der Waals surface area contributed by atoms with Crippen molar-refractivity contribution >= 4 is 21.7 Å². The van der Waals surface area contributed by atoms with Crippen molar-refractivity contribution < 1.29 is 14.3 Å². The Morgan fingerprint density at radius 3 is 2.71 bits per heavy atom. The minimum atomic E-state index is -0.465. The van der Waals surface area contributed by atoms with Gasteiger partial charge in [0.05, 0.1) is 11.9 Å². The highest BCUT2D eigenvalue weighted by Gasteiger charge is 2.05. The van der Waals surface area contributed by atoms with Crippen LogP contribution in [0.4, 0.5) is 4.39 Å². The first kappa shape index (κ1) is 11.3. The van der Waals surface area contributed by atoms with Crippen molar-refractivity contribution in [3.05, 3.63) is 35.1 Å². The van der Waals surface area contributed by atoms with Crippen LogP contribution >= 0.6 is 15.9 Å². The van der Waals surface area contributed by atoms with Gasteiger partial charge in [-0.2, -0.15) is 0 Å². The molecule has 0 aliphatic rings. The number of benzene rings is 1. The van der Waals surface area contributed by atoms with Gasteiger partial charge in [0.2, 0.25) is 0 Å². The third-order valence-corrected chi connectivity index (χ3v) is 2.46. The summed E-state index contributed by atoms with van der Waals surface area (Å²) in [6, 6.07) is 4.42. The van der Waals surface area contributed by atoms with E-state index in [9.17, 15) is 9.18 Å². The van der Waals surface area contributed by atoms with Crippen molar-refractivity contribution in [1.82, 2.24) is 0 Å². The minimum absolute atomic E-state index is 0.00106. The van der Waals surface area contributed by atoms with Gasteiger partial charge in [0.15, 0.2) is 0 Å². The van der Waals surface area contributed by atoms with Gasteiger partial charge in [-0.3, -0.25) is 4.79 Å². The van der Waals surface area contributed by atoms with Gasteiger partial charge in [0.1, 0.15) is 11.6 Å². The predicted molar refractivity (Wildman–Crippen MR) is 54.8 cm³/mol. The van der Waals surface area contributed by atoms with Crippen LogP contribution in [0.2, 0.25) is 0 Å². The summed E-state index contributed by atoms with van der Waals surface area (Å²) in [7, 11) is 0. The molecule has 0 saturated heterocycles. The molecule has 0 radical (unpaired) electrons. The smallest absolute Gasteiger partial charge is 0.147 e. The monoisotopic (exact) mass is 260 g/mol. The molecular weight excluding hydrogens is 251 g/mol. The summed E-state index contributed by atoms with van der Waals surface area (Å²) in [5.74, 6) is -0.464. The molecule has 0 heterocycles. The third-order valence-electron chi connectivity index (χ3n) is 1.84. The second kappa shape index (κ2) is 5.22. The molecule has 0 aliphatic heterocycles. The van der Waals surface area contributed by atoms with E-state index in [0.717, 1.165) is 0 Å². The molecule has 0 saturated carbocycles. The number of hydrogen-bond donors (Lipinski definition) is 1. The van der Waals surface area contributed by atoms with Gasteiger partial charge in [-0.25, -0.2) is 4.39 Å². The molecule has 0 amide bonds. The number of hydrogen-bond acceptors (Lipinski definition) is 2. The van der Waals surface area contributed by atoms with E-state index in [1.165, 1.54) is 12.1 Å². The Kier molecular flexibility index (Phi) is 4.22. The van der Waals surface area contributed by atoms with E-state index in [4.69, 9.17) is 5.11 Å². The standard InChI is InChI=1S/C10H10BrFO2/c11-5-9(14)3-7-1-2-8(6-13)10(12)4-7/h1-2,4,13H,3,5-6H2. The van der Waals surface area contributed by atoms with Gasteiger partial charge < -0.3 is 5.11 Å². The SMILES string of the molecule is O=C(CBr)Cc1ccc(CO)c(F)c1. The summed E-state index contributed by atoms with van der Waals surface area (Å²) in [6.07, 6.45) is 0.216. The van der Waals surface area contributed by atoms with Crippen LogP contribution in [0.3, 0.4) is 0 Å². The van der Waals surface area contributed by atoms with Gasteiger partial charge in [-0.15, -0.1) is 0 Å². The lowest BCUT2D eigenvalue weighted by atomic mass is 10.1. The first-order valence-corrected chi connectivity index (χ1v) is 5.25. The van der Waals surface area contributed by atoms with E-state index in [2.05, 4.69) is 15.9 Å². The molecule has 0 spiro atoms. The van der Waals surface area contributed by atoms with Gasteiger partial charge in [0.25, 0.3) is 0 Å². The van der Waals surface area contributed by atoms with Crippen molar-refractivity contribution in [3.8, 4) is 0 Å². The molecule has 0 bridgehead atoms. The second-order valence-corrected chi connectivity index (χ2v) is 3.49. The van der Waals surface area contributed by atoms with Crippen LogP contribution in [0.25, 0.3) is 0 Å². The number of aliphatic hydroxyl groups is 1. The van der Waals surface area contributed by atoms with Crippen LogP contribution in [-0.4, -0.2) is 16.2 Å². The number of halogens is 2. The Balaban J connectivity index is 2.81. The molecule has 0 unspecified atom stereocenters. The topological polar surface area (TPSA) is 37.3 Å². The first-order chi connectivity index (χ1) is 6.67. The number of aliphatic hydroxyl groups excluding tert-OH is 1. The molecule has 0 aromatic heterocycles. The molecule has 14 heavy (non-hydrogen) atoms. The fraction of sp³-hybridized carbons (Fsp3) is 0.300. The van der Waals surface area contributed by atoms with Crippen LogP contribution in [0.5, 0.6) is 0 Å². The Labute approximate surface area is 89.9 Å². The zero-order valence-electron chi connectivity index (χ0n) is 7.46. The lowest BCUT2D eigenvalue weighted by Gasteiger charge is -2.02. The Hall–Kier alpha value is -0.740. The van der Waals surface area contributed by atoms with Crippen LogP contribution < -0.4 is 0 Å². The fourth-order valence-corrected chi connectivity index (χ4v) is 1.30. The maximum Gasteiger partial charge on any atom is 0.147 e. The average Bonchev–Trinajstić information content (AvgIpc) is 2.18. The molecule has 1 rings (SSSR count). The molecule has 4 heteroatoms. The highest BCUT2D eigenvalue weighted by Crippen LogP contribution is 2.11. The number of Topliss-reactive ketones (excluding diaryl/α,β-unsaturated/α-hetero) is 1. The molecule has 76 valence electrons. The Bertz CT molecular complexity index is 339. The summed E-state index contributed by atoms with van der Waals surface area (Å²) in [5.41, 5.74) is 0.879. The van der Waals surface area contributed by atoms with E-state index >= 15 is 0 Å². The molecule has 1 aromatic rings. The molecule has 1 N–H and O–H groups in total. The second-order valence-electron chi connectivity index (χ2n) is 2.93. The normalized spacial score (nSPS) is 10.2. The quantitative estimate of drug-likeness (QED) is 0.839. The maximum atomic E-state index is 13.1. The average molecular weight is 261 g/mol. The highest BCUT2D eigenvalue weighted by atomic mass is 79.9. The zero-order chi connectivity index (χ0) is 10.6. The molecular formula is C10H10BrFO2. The van der Waals surface area contributed by atoms with E-state index < -0.39 is 5.82 Å².